The Balaban J connectivity index is 1.07. The number of fused-ring (bicyclic) bond motifs is 11. The van der Waals surface area contributed by atoms with E-state index in [1.807, 2.05) is 6.07 Å². The number of hydrogen-bond acceptors (Lipinski definition) is 5. The molecule has 0 spiro atoms. The van der Waals surface area contributed by atoms with E-state index < -0.39 is 0 Å². The van der Waals surface area contributed by atoms with Gasteiger partial charge in [-0.15, -0.1) is 11.3 Å². The molecule has 4 nitrogen and oxygen atoms in total. The number of oxazole rings is 1. The predicted octanol–water partition coefficient (Wildman–Crippen LogP) is 13.5. The molecule has 0 saturated heterocycles. The second kappa shape index (κ2) is 10.5. The molecule has 0 radical (unpaired) electrons. The summed E-state index contributed by atoms with van der Waals surface area (Å²) in [6.45, 7) is 0. The molecule has 8 aromatic carbocycles. The van der Waals surface area contributed by atoms with Crippen molar-refractivity contribution in [3.05, 3.63) is 158 Å². The Morgan fingerprint density at radius 1 is 0.460 bits per heavy atom. The fraction of sp³-hybridized carbons (Fsp3) is 0. The summed E-state index contributed by atoms with van der Waals surface area (Å²) in [7, 11) is 0. The molecule has 0 amide bonds. The van der Waals surface area contributed by atoms with Gasteiger partial charge in [-0.1, -0.05) is 91.0 Å². The number of thiophene rings is 1. The molecule has 0 aliphatic heterocycles. The first kappa shape index (κ1) is 27.5. The van der Waals surface area contributed by atoms with E-state index >= 15 is 0 Å². The van der Waals surface area contributed by atoms with Crippen LogP contribution < -0.4 is 4.90 Å². The minimum atomic E-state index is 0.642. The molecule has 5 heteroatoms. The van der Waals surface area contributed by atoms with E-state index in [-0.39, 0.29) is 0 Å². The molecule has 0 aliphatic rings. The lowest BCUT2D eigenvalue weighted by atomic mass is 10.0. The smallest absolute Gasteiger partial charge is 0.228 e. The average molecular weight is 659 g/mol. The lowest BCUT2D eigenvalue weighted by molar-refractivity contribution is 0.621. The first-order valence-corrected chi connectivity index (χ1v) is 17.5. The molecule has 0 fully saturated rings. The van der Waals surface area contributed by atoms with Crippen molar-refractivity contribution in [3.63, 3.8) is 0 Å². The highest BCUT2D eigenvalue weighted by molar-refractivity contribution is 7.26. The van der Waals surface area contributed by atoms with Crippen LogP contribution in [0.15, 0.2) is 167 Å². The molecular formula is C45H26N2O2S. The van der Waals surface area contributed by atoms with E-state index in [2.05, 4.69) is 157 Å². The fourth-order valence-electron chi connectivity index (χ4n) is 7.56. The van der Waals surface area contributed by atoms with Gasteiger partial charge in [-0.2, -0.15) is 0 Å². The number of anilines is 3. The summed E-state index contributed by atoms with van der Waals surface area (Å²) in [6.07, 6.45) is 0. The van der Waals surface area contributed by atoms with Crippen LogP contribution in [0, 0.1) is 0 Å². The number of hydrogen-bond donors (Lipinski definition) is 0. The number of benzene rings is 8. The maximum absolute atomic E-state index is 6.60. The Morgan fingerprint density at radius 2 is 1.18 bits per heavy atom. The molecule has 3 aromatic heterocycles. The van der Waals surface area contributed by atoms with E-state index in [0.29, 0.717) is 5.89 Å². The minimum absolute atomic E-state index is 0.642. The lowest BCUT2D eigenvalue weighted by Crippen LogP contribution is -2.09. The largest absolute Gasteiger partial charge is 0.455 e. The molecule has 0 N–H and O–H groups in total. The van der Waals surface area contributed by atoms with Gasteiger partial charge in [0.05, 0.1) is 0 Å². The van der Waals surface area contributed by atoms with Crippen LogP contribution in [0.25, 0.3) is 86.2 Å². The maximum Gasteiger partial charge on any atom is 0.228 e. The van der Waals surface area contributed by atoms with Gasteiger partial charge < -0.3 is 13.7 Å². The summed E-state index contributed by atoms with van der Waals surface area (Å²) in [4.78, 5) is 7.36. The van der Waals surface area contributed by atoms with Crippen LogP contribution in [0.5, 0.6) is 0 Å². The third-order valence-corrected chi connectivity index (χ3v) is 11.0. The first-order chi connectivity index (χ1) is 24.8. The van der Waals surface area contributed by atoms with Gasteiger partial charge in [0.15, 0.2) is 5.58 Å². The number of rotatable bonds is 4. The molecule has 3 heterocycles. The maximum atomic E-state index is 6.60. The van der Waals surface area contributed by atoms with Gasteiger partial charge in [-0.05, 0) is 71.4 Å². The van der Waals surface area contributed by atoms with Crippen molar-refractivity contribution in [1.82, 2.24) is 4.98 Å². The van der Waals surface area contributed by atoms with Gasteiger partial charge in [0, 0.05) is 70.4 Å². The van der Waals surface area contributed by atoms with Crippen molar-refractivity contribution in [2.45, 2.75) is 0 Å². The van der Waals surface area contributed by atoms with Crippen molar-refractivity contribution in [2.24, 2.45) is 0 Å². The van der Waals surface area contributed by atoms with E-state index in [9.17, 15) is 0 Å². The van der Waals surface area contributed by atoms with Crippen LogP contribution in [-0.4, -0.2) is 4.98 Å². The third-order valence-electron chi connectivity index (χ3n) is 9.87. The number of furan rings is 1. The molecule has 11 aromatic rings. The number of para-hydroxylation sites is 1. The van der Waals surface area contributed by atoms with Crippen molar-refractivity contribution in [3.8, 4) is 11.5 Å². The van der Waals surface area contributed by atoms with Gasteiger partial charge in [-0.25, -0.2) is 4.98 Å². The van der Waals surface area contributed by atoms with E-state index in [0.717, 1.165) is 77.2 Å². The van der Waals surface area contributed by atoms with Gasteiger partial charge in [0.2, 0.25) is 5.89 Å². The summed E-state index contributed by atoms with van der Waals surface area (Å²) in [6, 6.07) is 55.5. The standard InChI is InChI=1S/C45H26N2O2S/c1-2-11-29(12-3-1)47(30-19-22-34-35-21-17-28-10-5-7-14-33(28)44(35)48-39(34)25-30)31-20-23-36-41(26-31)50-40-16-8-15-37(42(36)40)45-46-43-32-13-6-4-9-27(32)18-24-38(43)49-45/h1-26H. The highest BCUT2D eigenvalue weighted by Crippen LogP contribution is 2.45. The van der Waals surface area contributed by atoms with Crippen molar-refractivity contribution >= 4 is 103 Å². The molecule has 0 saturated carbocycles. The summed E-state index contributed by atoms with van der Waals surface area (Å²) < 4.78 is 15.4. The van der Waals surface area contributed by atoms with Crippen molar-refractivity contribution in [2.75, 3.05) is 4.90 Å². The zero-order chi connectivity index (χ0) is 32.8. The number of aromatic nitrogens is 1. The Hall–Kier alpha value is -6.43. The normalized spacial score (nSPS) is 12.0. The van der Waals surface area contributed by atoms with Crippen LogP contribution in [-0.2, 0) is 0 Å². The highest BCUT2D eigenvalue weighted by atomic mass is 32.1. The highest BCUT2D eigenvalue weighted by Gasteiger charge is 2.20. The molecule has 0 bridgehead atoms. The molecule has 0 atom stereocenters. The van der Waals surface area contributed by atoms with Crippen molar-refractivity contribution < 1.29 is 8.83 Å². The quantitative estimate of drug-likeness (QED) is 0.189. The topological polar surface area (TPSA) is 42.4 Å². The lowest BCUT2D eigenvalue weighted by Gasteiger charge is -2.25. The van der Waals surface area contributed by atoms with Gasteiger partial charge in [0.1, 0.15) is 16.7 Å². The SMILES string of the molecule is c1ccc(N(c2ccc3c(c2)oc2c4ccccc4ccc32)c2ccc3c(c2)sc2cccc(-c4nc5c(ccc6ccccc65)o4)c23)cc1. The van der Waals surface area contributed by atoms with E-state index in [4.69, 9.17) is 13.8 Å². The second-order valence-electron chi connectivity index (χ2n) is 12.7. The van der Waals surface area contributed by atoms with Crippen LogP contribution in [0.1, 0.15) is 0 Å². The predicted molar refractivity (Wildman–Crippen MR) is 209 cm³/mol. The van der Waals surface area contributed by atoms with Gasteiger partial charge in [-0.3, -0.25) is 0 Å². The number of nitrogens with zero attached hydrogens (tertiary/aromatic N) is 2. The van der Waals surface area contributed by atoms with Crippen LogP contribution in [0.2, 0.25) is 0 Å². The summed E-state index contributed by atoms with van der Waals surface area (Å²) >= 11 is 1.79. The van der Waals surface area contributed by atoms with Gasteiger partial charge >= 0.3 is 0 Å². The summed E-state index contributed by atoms with van der Waals surface area (Å²) in [5, 5.41) is 9.15. The molecule has 50 heavy (non-hydrogen) atoms. The zero-order valence-electron chi connectivity index (χ0n) is 26.6. The Morgan fingerprint density at radius 3 is 2.06 bits per heavy atom. The third kappa shape index (κ3) is 4.08. The monoisotopic (exact) mass is 658 g/mol. The van der Waals surface area contributed by atoms with Gasteiger partial charge in [0.25, 0.3) is 0 Å². The van der Waals surface area contributed by atoms with E-state index in [1.165, 1.54) is 20.2 Å². The molecule has 11 rings (SSSR count). The van der Waals surface area contributed by atoms with E-state index in [1.54, 1.807) is 11.3 Å². The fourth-order valence-corrected chi connectivity index (χ4v) is 8.73. The minimum Gasteiger partial charge on any atom is -0.455 e. The molecule has 0 aliphatic carbocycles. The molecule has 0 unspecified atom stereocenters. The average Bonchev–Trinajstić information content (AvgIpc) is 3.88. The van der Waals surface area contributed by atoms with Crippen LogP contribution >= 0.6 is 11.3 Å². The van der Waals surface area contributed by atoms with Crippen LogP contribution in [0.4, 0.5) is 17.1 Å². The molecule has 234 valence electrons. The summed E-state index contributed by atoms with van der Waals surface area (Å²) in [5.41, 5.74) is 7.68. The Labute approximate surface area is 290 Å². The van der Waals surface area contributed by atoms with Crippen molar-refractivity contribution in [1.29, 1.82) is 0 Å². The van der Waals surface area contributed by atoms with Crippen LogP contribution in [0.3, 0.4) is 0 Å². The Bertz CT molecular complexity index is 3120. The first-order valence-electron chi connectivity index (χ1n) is 16.7. The summed E-state index contributed by atoms with van der Waals surface area (Å²) in [5.74, 6) is 0.642. The zero-order valence-corrected chi connectivity index (χ0v) is 27.4. The Kier molecular flexibility index (Phi) is 5.80. The molecular weight excluding hydrogens is 633 g/mol. The second-order valence-corrected chi connectivity index (χ2v) is 13.8.